The Labute approximate surface area is 138 Å². The highest BCUT2D eigenvalue weighted by Gasteiger charge is 2.21. The second kappa shape index (κ2) is 7.42. The first-order valence-electron chi connectivity index (χ1n) is 8.08. The smallest absolute Gasteiger partial charge is 0.257 e. The van der Waals surface area contributed by atoms with E-state index in [0.717, 1.165) is 16.8 Å². The van der Waals surface area contributed by atoms with Crippen molar-refractivity contribution in [2.24, 2.45) is 0 Å². The number of carbonyl (C=O) groups excluding carboxylic acids is 1. The first-order chi connectivity index (χ1) is 10.9. The number of hydrogen-bond donors (Lipinski definition) is 2. The Morgan fingerprint density at radius 3 is 1.87 bits per heavy atom. The van der Waals surface area contributed by atoms with Gasteiger partial charge >= 0.3 is 0 Å². The van der Waals surface area contributed by atoms with E-state index in [1.807, 2.05) is 36.4 Å². The van der Waals surface area contributed by atoms with Gasteiger partial charge in [0.25, 0.3) is 5.91 Å². The van der Waals surface area contributed by atoms with Crippen LogP contribution in [0.3, 0.4) is 0 Å². The maximum Gasteiger partial charge on any atom is 0.257 e. The molecule has 1 amide bonds. The number of rotatable bonds is 5. The van der Waals surface area contributed by atoms with Crippen LogP contribution in [0.2, 0.25) is 0 Å². The van der Waals surface area contributed by atoms with E-state index in [1.54, 1.807) is 12.1 Å². The van der Waals surface area contributed by atoms with Crippen molar-refractivity contribution < 1.29 is 9.90 Å². The third kappa shape index (κ3) is 3.99. The van der Waals surface area contributed by atoms with Gasteiger partial charge in [0.2, 0.25) is 0 Å². The number of para-hydroxylation sites is 1. The molecule has 2 N–H and O–H groups in total. The molecule has 0 fully saturated rings. The Kier molecular flexibility index (Phi) is 5.56. The first-order valence-corrected chi connectivity index (χ1v) is 8.08. The van der Waals surface area contributed by atoms with Gasteiger partial charge in [-0.3, -0.25) is 4.79 Å². The summed E-state index contributed by atoms with van der Waals surface area (Å²) in [5, 5.41) is 13.2. The minimum Gasteiger partial charge on any atom is -0.378 e. The number of nitrogens with one attached hydrogen (secondary N) is 1. The lowest BCUT2D eigenvalue weighted by molar-refractivity contribution is -0.124. The van der Waals surface area contributed by atoms with Gasteiger partial charge in [-0.25, -0.2) is 0 Å². The Morgan fingerprint density at radius 1 is 0.870 bits per heavy atom. The van der Waals surface area contributed by atoms with Crippen molar-refractivity contribution in [3.05, 3.63) is 65.2 Å². The van der Waals surface area contributed by atoms with Crippen LogP contribution >= 0.6 is 0 Å². The largest absolute Gasteiger partial charge is 0.378 e. The molecular formula is C20H25NO2. The van der Waals surface area contributed by atoms with Crippen molar-refractivity contribution in [3.8, 4) is 0 Å². The Hall–Kier alpha value is -2.13. The number of aliphatic hydroxyl groups excluding tert-OH is 1. The molecule has 0 aliphatic carbocycles. The maximum atomic E-state index is 12.5. The summed E-state index contributed by atoms with van der Waals surface area (Å²) < 4.78 is 0. The van der Waals surface area contributed by atoms with Crippen LogP contribution in [-0.4, -0.2) is 11.0 Å². The predicted octanol–water partition coefficient (Wildman–Crippen LogP) is 4.61. The molecule has 0 saturated carbocycles. The van der Waals surface area contributed by atoms with E-state index in [9.17, 15) is 9.90 Å². The van der Waals surface area contributed by atoms with Gasteiger partial charge in [-0.15, -0.1) is 0 Å². The fraction of sp³-hybridized carbons (Fsp3) is 0.350. The van der Waals surface area contributed by atoms with E-state index in [4.69, 9.17) is 0 Å². The second-order valence-electron chi connectivity index (χ2n) is 6.42. The Bertz CT molecular complexity index is 636. The number of aliphatic hydroxyl groups is 1. The van der Waals surface area contributed by atoms with E-state index in [0.29, 0.717) is 5.56 Å². The van der Waals surface area contributed by atoms with Crippen LogP contribution in [0, 0.1) is 0 Å². The molecule has 23 heavy (non-hydrogen) atoms. The molecule has 3 nitrogen and oxygen atoms in total. The van der Waals surface area contributed by atoms with Crippen molar-refractivity contribution >= 4 is 11.6 Å². The van der Waals surface area contributed by atoms with Gasteiger partial charge in [0, 0.05) is 5.69 Å². The Morgan fingerprint density at radius 2 is 1.39 bits per heavy atom. The monoisotopic (exact) mass is 311 g/mol. The summed E-state index contributed by atoms with van der Waals surface area (Å²) in [6, 6.07) is 15.1. The molecule has 0 aromatic heterocycles. The maximum absolute atomic E-state index is 12.5. The van der Waals surface area contributed by atoms with Crippen molar-refractivity contribution in [2.45, 2.75) is 45.6 Å². The molecule has 0 aliphatic heterocycles. The minimum absolute atomic E-state index is 0.290. The summed E-state index contributed by atoms with van der Waals surface area (Å²) in [5.41, 5.74) is 3.60. The molecule has 0 bridgehead atoms. The summed E-state index contributed by atoms with van der Waals surface area (Å²) in [6.07, 6.45) is -1.17. The number of hydrogen-bond acceptors (Lipinski definition) is 2. The van der Waals surface area contributed by atoms with Gasteiger partial charge in [0.05, 0.1) is 0 Å². The van der Waals surface area contributed by atoms with E-state index in [1.165, 1.54) is 0 Å². The van der Waals surface area contributed by atoms with E-state index in [-0.39, 0.29) is 11.8 Å². The van der Waals surface area contributed by atoms with Crippen LogP contribution in [0.15, 0.2) is 48.5 Å². The van der Waals surface area contributed by atoms with Crippen LogP contribution in [0.1, 0.15) is 62.3 Å². The highest BCUT2D eigenvalue weighted by atomic mass is 16.3. The van der Waals surface area contributed by atoms with E-state index in [2.05, 4.69) is 33.0 Å². The lowest BCUT2D eigenvalue weighted by Gasteiger charge is -2.21. The molecule has 2 aromatic rings. The zero-order valence-electron chi connectivity index (χ0n) is 14.2. The number of amides is 1. The van der Waals surface area contributed by atoms with Gasteiger partial charge in [-0.1, -0.05) is 76.2 Å². The van der Waals surface area contributed by atoms with E-state index >= 15 is 0 Å². The summed E-state index contributed by atoms with van der Waals surface area (Å²) in [7, 11) is 0. The highest BCUT2D eigenvalue weighted by Crippen LogP contribution is 2.33. The fourth-order valence-electron chi connectivity index (χ4n) is 2.67. The van der Waals surface area contributed by atoms with Crippen LogP contribution in [-0.2, 0) is 4.79 Å². The summed E-state index contributed by atoms with van der Waals surface area (Å²) in [6.45, 7) is 8.40. The minimum atomic E-state index is -1.17. The molecule has 0 unspecified atom stereocenters. The van der Waals surface area contributed by atoms with Gasteiger partial charge in [0.15, 0.2) is 6.10 Å². The topological polar surface area (TPSA) is 49.3 Å². The quantitative estimate of drug-likeness (QED) is 0.847. The summed E-state index contributed by atoms with van der Waals surface area (Å²) >= 11 is 0. The third-order valence-electron chi connectivity index (χ3n) is 3.98. The zero-order chi connectivity index (χ0) is 17.0. The summed E-state index contributed by atoms with van der Waals surface area (Å²) in [5.74, 6) is 0.182. The van der Waals surface area contributed by atoms with Crippen LogP contribution < -0.4 is 5.32 Å². The molecule has 0 heterocycles. The van der Waals surface area contributed by atoms with Gasteiger partial charge in [-0.2, -0.15) is 0 Å². The molecule has 122 valence electrons. The lowest BCUT2D eigenvalue weighted by Crippen LogP contribution is -2.22. The van der Waals surface area contributed by atoms with Gasteiger partial charge in [-0.05, 0) is 28.5 Å². The van der Waals surface area contributed by atoms with Crippen molar-refractivity contribution in [1.82, 2.24) is 0 Å². The molecule has 0 radical (unpaired) electrons. The predicted molar refractivity (Wildman–Crippen MR) is 94.7 cm³/mol. The SMILES string of the molecule is CC(C)c1cccc(C(C)C)c1NC(=O)[C@@H](O)c1ccccc1. The highest BCUT2D eigenvalue weighted by molar-refractivity contribution is 5.96. The first kappa shape index (κ1) is 17.2. The van der Waals surface area contributed by atoms with Crippen LogP contribution in [0.4, 0.5) is 5.69 Å². The Balaban J connectivity index is 2.33. The fourth-order valence-corrected chi connectivity index (χ4v) is 2.67. The molecule has 0 aliphatic rings. The number of anilines is 1. The molecule has 1 atom stereocenters. The molecule has 2 rings (SSSR count). The third-order valence-corrected chi connectivity index (χ3v) is 3.98. The molecule has 2 aromatic carbocycles. The average molecular weight is 311 g/mol. The van der Waals surface area contributed by atoms with Crippen molar-refractivity contribution in [1.29, 1.82) is 0 Å². The molecular weight excluding hydrogens is 286 g/mol. The summed E-state index contributed by atoms with van der Waals surface area (Å²) in [4.78, 5) is 12.5. The van der Waals surface area contributed by atoms with Crippen LogP contribution in [0.25, 0.3) is 0 Å². The van der Waals surface area contributed by atoms with Crippen molar-refractivity contribution in [3.63, 3.8) is 0 Å². The number of carbonyl (C=O) groups is 1. The molecule has 0 spiro atoms. The van der Waals surface area contributed by atoms with Gasteiger partial charge < -0.3 is 10.4 Å². The van der Waals surface area contributed by atoms with Crippen molar-refractivity contribution in [2.75, 3.05) is 5.32 Å². The van der Waals surface area contributed by atoms with Gasteiger partial charge in [0.1, 0.15) is 0 Å². The zero-order valence-corrected chi connectivity index (χ0v) is 14.2. The second-order valence-corrected chi connectivity index (χ2v) is 6.42. The molecule has 3 heteroatoms. The lowest BCUT2D eigenvalue weighted by atomic mass is 9.92. The standard InChI is InChI=1S/C20H25NO2/c1-13(2)16-11-8-12-17(14(3)4)18(16)21-20(23)19(22)15-9-6-5-7-10-15/h5-14,19,22H,1-4H3,(H,21,23)/t19-/m0/s1. The van der Waals surface area contributed by atoms with Crippen LogP contribution in [0.5, 0.6) is 0 Å². The van der Waals surface area contributed by atoms with E-state index < -0.39 is 12.0 Å². The molecule has 0 saturated heterocycles. The average Bonchev–Trinajstić information content (AvgIpc) is 2.54. The normalized spacial score (nSPS) is 12.5. The number of benzene rings is 2.